The highest BCUT2D eigenvalue weighted by atomic mass is 79.9. The van der Waals surface area contributed by atoms with Gasteiger partial charge in [0, 0.05) is 16.7 Å². The third-order valence-electron chi connectivity index (χ3n) is 3.89. The molecule has 0 saturated carbocycles. The third kappa shape index (κ3) is 6.88. The molecule has 6 heteroatoms. The summed E-state index contributed by atoms with van der Waals surface area (Å²) < 4.78 is 12.0. The Morgan fingerprint density at radius 1 is 1.15 bits per heavy atom. The number of hydrogen-bond acceptors (Lipinski definition) is 4. The van der Waals surface area contributed by atoms with Crippen LogP contribution >= 0.6 is 15.9 Å². The average molecular weight is 435 g/mol. The molecule has 0 aliphatic carbocycles. The highest BCUT2D eigenvalue weighted by molar-refractivity contribution is 9.10. The van der Waals surface area contributed by atoms with E-state index in [0.717, 1.165) is 34.4 Å². The SMILES string of the molecule is COc1cc(CNCC(C)C)c(Br)cc1OCC(=O)Nc1ccc(C)cc1. The van der Waals surface area contributed by atoms with Crippen molar-refractivity contribution in [1.82, 2.24) is 5.32 Å². The summed E-state index contributed by atoms with van der Waals surface area (Å²) in [5.41, 5.74) is 2.96. The van der Waals surface area contributed by atoms with E-state index in [1.165, 1.54) is 0 Å². The fourth-order valence-corrected chi connectivity index (χ4v) is 2.92. The molecule has 1 amide bonds. The lowest BCUT2D eigenvalue weighted by molar-refractivity contribution is -0.118. The van der Waals surface area contributed by atoms with Gasteiger partial charge in [-0.25, -0.2) is 0 Å². The van der Waals surface area contributed by atoms with Gasteiger partial charge in [-0.05, 0) is 49.2 Å². The Bertz CT molecular complexity index is 761. The summed E-state index contributed by atoms with van der Waals surface area (Å²) in [7, 11) is 1.59. The molecule has 0 radical (unpaired) electrons. The Kier molecular flexibility index (Phi) is 8.13. The minimum absolute atomic E-state index is 0.0956. The van der Waals surface area contributed by atoms with Gasteiger partial charge in [0.05, 0.1) is 7.11 Å². The van der Waals surface area contributed by atoms with Crippen molar-refractivity contribution in [1.29, 1.82) is 0 Å². The number of methoxy groups -OCH3 is 1. The molecule has 2 aromatic rings. The Labute approximate surface area is 169 Å². The number of rotatable bonds is 9. The van der Waals surface area contributed by atoms with E-state index in [1.54, 1.807) is 7.11 Å². The second-order valence-corrected chi connectivity index (χ2v) is 7.68. The van der Waals surface area contributed by atoms with Gasteiger partial charge in [0.25, 0.3) is 5.91 Å². The van der Waals surface area contributed by atoms with E-state index in [-0.39, 0.29) is 12.5 Å². The Balaban J connectivity index is 1.97. The average Bonchev–Trinajstić information content (AvgIpc) is 2.63. The van der Waals surface area contributed by atoms with Crippen molar-refractivity contribution >= 4 is 27.5 Å². The van der Waals surface area contributed by atoms with Crippen LogP contribution in [0.15, 0.2) is 40.9 Å². The lowest BCUT2D eigenvalue weighted by atomic mass is 10.1. The number of aryl methyl sites for hydroxylation is 1. The first-order valence-electron chi connectivity index (χ1n) is 8.95. The maximum absolute atomic E-state index is 12.1. The van der Waals surface area contributed by atoms with E-state index in [1.807, 2.05) is 43.3 Å². The van der Waals surface area contributed by atoms with Gasteiger partial charge < -0.3 is 20.1 Å². The van der Waals surface area contributed by atoms with Crippen molar-refractivity contribution < 1.29 is 14.3 Å². The standard InChI is InChI=1S/C21H27BrN2O3/c1-14(2)11-23-12-16-9-19(26-4)20(10-18(16)22)27-13-21(25)24-17-7-5-15(3)6-8-17/h5-10,14,23H,11-13H2,1-4H3,(H,24,25). The molecule has 0 saturated heterocycles. The van der Waals surface area contributed by atoms with Crippen molar-refractivity contribution in [2.45, 2.75) is 27.3 Å². The highest BCUT2D eigenvalue weighted by Gasteiger charge is 2.12. The smallest absolute Gasteiger partial charge is 0.262 e. The van der Waals surface area contributed by atoms with Crippen LogP contribution in [-0.4, -0.2) is 26.2 Å². The summed E-state index contributed by atoms with van der Waals surface area (Å²) in [5.74, 6) is 1.48. The number of amides is 1. The summed E-state index contributed by atoms with van der Waals surface area (Å²) in [4.78, 5) is 12.1. The first kappa shape index (κ1) is 21.3. The van der Waals surface area contributed by atoms with Gasteiger partial charge in [-0.2, -0.15) is 0 Å². The zero-order chi connectivity index (χ0) is 19.8. The van der Waals surface area contributed by atoms with Crippen molar-refractivity contribution in [2.75, 3.05) is 25.6 Å². The molecule has 0 aliphatic heterocycles. The number of benzene rings is 2. The predicted octanol–water partition coefficient (Wildman–Crippen LogP) is 4.53. The number of ether oxygens (including phenoxy) is 2. The molecule has 0 atom stereocenters. The minimum atomic E-state index is -0.222. The molecule has 27 heavy (non-hydrogen) atoms. The molecule has 0 spiro atoms. The molecule has 0 fully saturated rings. The molecule has 0 aliphatic rings. The molecule has 2 aromatic carbocycles. The maximum atomic E-state index is 12.1. The van der Waals surface area contributed by atoms with Crippen molar-refractivity contribution in [3.63, 3.8) is 0 Å². The van der Waals surface area contributed by atoms with E-state index >= 15 is 0 Å². The van der Waals surface area contributed by atoms with Crippen molar-refractivity contribution in [3.05, 3.63) is 52.0 Å². The summed E-state index contributed by atoms with van der Waals surface area (Å²) in [5, 5.41) is 6.22. The first-order valence-corrected chi connectivity index (χ1v) is 9.74. The number of carbonyl (C=O) groups excluding carboxylic acids is 1. The maximum Gasteiger partial charge on any atom is 0.262 e. The monoisotopic (exact) mass is 434 g/mol. The fourth-order valence-electron chi connectivity index (χ4n) is 2.46. The Morgan fingerprint density at radius 3 is 2.48 bits per heavy atom. The van der Waals surface area contributed by atoms with E-state index < -0.39 is 0 Å². The zero-order valence-electron chi connectivity index (χ0n) is 16.3. The molecular weight excluding hydrogens is 408 g/mol. The van der Waals surface area contributed by atoms with Crippen LogP contribution in [0.2, 0.25) is 0 Å². The zero-order valence-corrected chi connectivity index (χ0v) is 17.9. The number of anilines is 1. The quantitative estimate of drug-likeness (QED) is 0.608. The van der Waals surface area contributed by atoms with Crippen LogP contribution in [0.4, 0.5) is 5.69 Å². The third-order valence-corrected chi connectivity index (χ3v) is 4.63. The highest BCUT2D eigenvalue weighted by Crippen LogP contribution is 2.33. The van der Waals surface area contributed by atoms with Crippen molar-refractivity contribution in [2.24, 2.45) is 5.92 Å². The van der Waals surface area contributed by atoms with Crippen LogP contribution < -0.4 is 20.1 Å². The van der Waals surface area contributed by atoms with Crippen LogP contribution in [0.1, 0.15) is 25.0 Å². The summed E-state index contributed by atoms with van der Waals surface area (Å²) in [6.07, 6.45) is 0. The van der Waals surface area contributed by atoms with Crippen LogP contribution in [-0.2, 0) is 11.3 Å². The van der Waals surface area contributed by atoms with Gasteiger partial charge >= 0.3 is 0 Å². The van der Waals surface area contributed by atoms with Gasteiger partial charge in [-0.3, -0.25) is 4.79 Å². The number of hydrogen-bond donors (Lipinski definition) is 2. The van der Waals surface area contributed by atoms with Crippen LogP contribution in [0.5, 0.6) is 11.5 Å². The molecule has 0 bridgehead atoms. The molecule has 146 valence electrons. The molecule has 5 nitrogen and oxygen atoms in total. The minimum Gasteiger partial charge on any atom is -0.493 e. The molecule has 0 aromatic heterocycles. The van der Waals surface area contributed by atoms with Gasteiger partial charge in [0.2, 0.25) is 0 Å². The summed E-state index contributed by atoms with van der Waals surface area (Å²) in [6, 6.07) is 11.4. The largest absolute Gasteiger partial charge is 0.493 e. The van der Waals surface area contributed by atoms with E-state index in [9.17, 15) is 4.79 Å². The number of halogens is 1. The molecule has 2 N–H and O–H groups in total. The van der Waals surface area contributed by atoms with Gasteiger partial charge in [0.1, 0.15) is 0 Å². The molecule has 0 heterocycles. The van der Waals surface area contributed by atoms with Crippen LogP contribution in [0.3, 0.4) is 0 Å². The predicted molar refractivity (Wildman–Crippen MR) is 113 cm³/mol. The number of carbonyl (C=O) groups is 1. The normalized spacial score (nSPS) is 10.7. The van der Waals surface area contributed by atoms with Crippen molar-refractivity contribution in [3.8, 4) is 11.5 Å². The van der Waals surface area contributed by atoms with E-state index in [2.05, 4.69) is 40.4 Å². The Hall–Kier alpha value is -2.05. The van der Waals surface area contributed by atoms with Gasteiger partial charge in [-0.1, -0.05) is 47.5 Å². The molecule has 2 rings (SSSR count). The topological polar surface area (TPSA) is 59.6 Å². The lowest BCUT2D eigenvalue weighted by Gasteiger charge is -2.15. The fraction of sp³-hybridized carbons (Fsp3) is 0.381. The van der Waals surface area contributed by atoms with Crippen LogP contribution in [0, 0.1) is 12.8 Å². The molecular formula is C21H27BrN2O3. The number of nitrogens with one attached hydrogen (secondary N) is 2. The summed E-state index contributed by atoms with van der Waals surface area (Å²) >= 11 is 3.57. The van der Waals surface area contributed by atoms with E-state index in [4.69, 9.17) is 9.47 Å². The second-order valence-electron chi connectivity index (χ2n) is 6.82. The Morgan fingerprint density at radius 2 is 1.85 bits per heavy atom. The van der Waals surface area contributed by atoms with Gasteiger partial charge in [-0.15, -0.1) is 0 Å². The lowest BCUT2D eigenvalue weighted by Crippen LogP contribution is -2.21. The van der Waals surface area contributed by atoms with Gasteiger partial charge in [0.15, 0.2) is 18.1 Å². The van der Waals surface area contributed by atoms with E-state index in [0.29, 0.717) is 17.4 Å². The first-order chi connectivity index (χ1) is 12.9. The summed E-state index contributed by atoms with van der Waals surface area (Å²) in [6.45, 7) is 7.90. The molecule has 0 unspecified atom stereocenters. The second kappa shape index (κ2) is 10.3. The van der Waals surface area contributed by atoms with Crippen LogP contribution in [0.25, 0.3) is 0 Å².